The molecule has 1 aliphatic carbocycles. The average molecular weight is 224 g/mol. The van der Waals surface area contributed by atoms with E-state index in [9.17, 15) is 4.79 Å². The Morgan fingerprint density at radius 2 is 2.44 bits per heavy atom. The van der Waals surface area contributed by atoms with E-state index in [1.165, 1.54) is 0 Å². The summed E-state index contributed by atoms with van der Waals surface area (Å²) < 4.78 is 1.64. The number of hydrogen-bond acceptors (Lipinski definition) is 4. The van der Waals surface area contributed by atoms with Crippen molar-refractivity contribution >= 4 is 5.91 Å². The topological polar surface area (TPSA) is 80.0 Å². The van der Waals surface area contributed by atoms with Crippen molar-refractivity contribution in [1.82, 2.24) is 20.3 Å². The number of aliphatic hydroxyl groups is 1. The molecule has 0 bridgehead atoms. The van der Waals surface area contributed by atoms with Gasteiger partial charge >= 0.3 is 0 Å². The van der Waals surface area contributed by atoms with Crippen LogP contribution in [-0.4, -0.2) is 39.7 Å². The second kappa shape index (κ2) is 4.21. The first-order chi connectivity index (χ1) is 7.73. The molecule has 1 aliphatic rings. The number of hydrogen-bond donors (Lipinski definition) is 2. The average Bonchev–Trinajstić information content (AvgIpc) is 2.65. The van der Waals surface area contributed by atoms with Gasteiger partial charge in [0.15, 0.2) is 0 Å². The highest BCUT2D eigenvalue weighted by molar-refractivity contribution is 5.85. The standard InChI is InChI=1S/C10H16N4O2/c1-11-9(16)10(4-2-5-10)14-7-8(3-6-15)12-13-14/h7,15H,2-6H2,1H3,(H,11,16). The van der Waals surface area contributed by atoms with Gasteiger partial charge in [-0.25, -0.2) is 4.68 Å². The molecule has 0 atom stereocenters. The van der Waals surface area contributed by atoms with Gasteiger partial charge in [-0.2, -0.15) is 0 Å². The zero-order valence-electron chi connectivity index (χ0n) is 9.31. The third-order valence-electron chi connectivity index (χ3n) is 3.18. The molecule has 2 rings (SSSR count). The molecule has 0 aliphatic heterocycles. The van der Waals surface area contributed by atoms with Crippen LogP contribution in [0.15, 0.2) is 6.20 Å². The minimum atomic E-state index is -0.546. The summed E-state index contributed by atoms with van der Waals surface area (Å²) in [6.45, 7) is 0.0473. The zero-order valence-corrected chi connectivity index (χ0v) is 9.31. The molecule has 0 unspecified atom stereocenters. The van der Waals surface area contributed by atoms with Crippen molar-refractivity contribution in [2.45, 2.75) is 31.2 Å². The highest BCUT2D eigenvalue weighted by Gasteiger charge is 2.46. The summed E-state index contributed by atoms with van der Waals surface area (Å²) in [6, 6.07) is 0. The van der Waals surface area contributed by atoms with E-state index in [0.717, 1.165) is 25.0 Å². The number of aliphatic hydroxyl groups excluding tert-OH is 1. The maximum Gasteiger partial charge on any atom is 0.247 e. The zero-order chi connectivity index (χ0) is 11.6. The maximum atomic E-state index is 11.8. The van der Waals surface area contributed by atoms with Gasteiger partial charge in [0.1, 0.15) is 5.54 Å². The Morgan fingerprint density at radius 1 is 1.69 bits per heavy atom. The lowest BCUT2D eigenvalue weighted by molar-refractivity contribution is -0.134. The smallest absolute Gasteiger partial charge is 0.247 e. The Labute approximate surface area is 93.6 Å². The van der Waals surface area contributed by atoms with E-state index in [4.69, 9.17) is 5.11 Å². The van der Waals surface area contributed by atoms with Crippen molar-refractivity contribution < 1.29 is 9.90 Å². The predicted octanol–water partition coefficient (Wildman–Crippen LogP) is -0.562. The summed E-state index contributed by atoms with van der Waals surface area (Å²) in [4.78, 5) is 11.8. The molecular formula is C10H16N4O2. The highest BCUT2D eigenvalue weighted by atomic mass is 16.3. The number of rotatable bonds is 4. The number of aromatic nitrogens is 3. The number of carbonyl (C=O) groups is 1. The van der Waals surface area contributed by atoms with Crippen molar-refractivity contribution in [2.24, 2.45) is 0 Å². The molecule has 1 heterocycles. The van der Waals surface area contributed by atoms with Crippen LogP contribution in [0.2, 0.25) is 0 Å². The van der Waals surface area contributed by atoms with E-state index in [-0.39, 0.29) is 12.5 Å². The molecule has 1 saturated carbocycles. The summed E-state index contributed by atoms with van der Waals surface area (Å²) in [5.41, 5.74) is 0.174. The Balaban J connectivity index is 2.23. The van der Waals surface area contributed by atoms with Gasteiger partial charge in [0.05, 0.1) is 5.69 Å². The lowest BCUT2D eigenvalue weighted by atomic mass is 9.76. The van der Waals surface area contributed by atoms with Gasteiger partial charge in [-0.05, 0) is 19.3 Å². The second-order valence-corrected chi connectivity index (χ2v) is 4.09. The van der Waals surface area contributed by atoms with Crippen LogP contribution >= 0.6 is 0 Å². The van der Waals surface area contributed by atoms with Crippen LogP contribution in [0.4, 0.5) is 0 Å². The normalized spacial score (nSPS) is 17.9. The van der Waals surface area contributed by atoms with Gasteiger partial charge in [-0.3, -0.25) is 4.79 Å². The largest absolute Gasteiger partial charge is 0.396 e. The van der Waals surface area contributed by atoms with Crippen LogP contribution in [0.5, 0.6) is 0 Å². The van der Waals surface area contributed by atoms with E-state index in [0.29, 0.717) is 6.42 Å². The molecule has 1 aromatic heterocycles. The van der Waals surface area contributed by atoms with E-state index in [2.05, 4.69) is 15.6 Å². The van der Waals surface area contributed by atoms with Crippen molar-refractivity contribution in [2.75, 3.05) is 13.7 Å². The number of nitrogens with one attached hydrogen (secondary N) is 1. The fourth-order valence-electron chi connectivity index (χ4n) is 2.04. The number of carbonyl (C=O) groups excluding carboxylic acids is 1. The first-order valence-corrected chi connectivity index (χ1v) is 5.48. The van der Waals surface area contributed by atoms with E-state index in [1.807, 2.05) is 0 Å². The summed E-state index contributed by atoms with van der Waals surface area (Å²) in [7, 11) is 1.63. The Kier molecular flexibility index (Phi) is 2.91. The van der Waals surface area contributed by atoms with Crippen molar-refractivity contribution in [3.63, 3.8) is 0 Å². The molecule has 2 N–H and O–H groups in total. The predicted molar refractivity (Wildman–Crippen MR) is 56.7 cm³/mol. The van der Waals surface area contributed by atoms with Gasteiger partial charge in [0, 0.05) is 26.3 Å². The summed E-state index contributed by atoms with van der Waals surface area (Å²) >= 11 is 0. The lowest BCUT2D eigenvalue weighted by Crippen LogP contribution is -2.52. The molecule has 6 heteroatoms. The van der Waals surface area contributed by atoms with E-state index < -0.39 is 5.54 Å². The van der Waals surface area contributed by atoms with Gasteiger partial charge in [0.25, 0.3) is 0 Å². The summed E-state index contributed by atoms with van der Waals surface area (Å²) in [5.74, 6) is -0.0146. The molecule has 16 heavy (non-hydrogen) atoms. The third-order valence-corrected chi connectivity index (χ3v) is 3.18. The van der Waals surface area contributed by atoms with Crippen LogP contribution < -0.4 is 5.32 Å². The molecule has 0 spiro atoms. The highest BCUT2D eigenvalue weighted by Crippen LogP contribution is 2.38. The molecular weight excluding hydrogens is 208 g/mol. The first-order valence-electron chi connectivity index (χ1n) is 5.48. The quantitative estimate of drug-likeness (QED) is 0.718. The fraction of sp³-hybridized carbons (Fsp3) is 0.700. The molecule has 0 radical (unpaired) electrons. The van der Waals surface area contributed by atoms with Crippen LogP contribution in [-0.2, 0) is 16.8 Å². The number of amides is 1. The van der Waals surface area contributed by atoms with Gasteiger partial charge in [-0.15, -0.1) is 5.10 Å². The van der Waals surface area contributed by atoms with Crippen LogP contribution in [0.3, 0.4) is 0 Å². The van der Waals surface area contributed by atoms with Crippen LogP contribution in [0.1, 0.15) is 25.0 Å². The second-order valence-electron chi connectivity index (χ2n) is 4.09. The van der Waals surface area contributed by atoms with Crippen molar-refractivity contribution in [3.8, 4) is 0 Å². The fourth-order valence-corrected chi connectivity index (χ4v) is 2.04. The molecule has 0 saturated heterocycles. The molecule has 0 aromatic carbocycles. The Morgan fingerprint density at radius 3 is 2.94 bits per heavy atom. The molecule has 1 aromatic rings. The molecule has 88 valence electrons. The minimum absolute atomic E-state index is 0.0146. The monoisotopic (exact) mass is 224 g/mol. The minimum Gasteiger partial charge on any atom is -0.396 e. The van der Waals surface area contributed by atoms with Gasteiger partial charge in [0.2, 0.25) is 5.91 Å². The van der Waals surface area contributed by atoms with Crippen molar-refractivity contribution in [3.05, 3.63) is 11.9 Å². The SMILES string of the molecule is CNC(=O)C1(n2cc(CCO)nn2)CCC1. The number of likely N-dealkylation sites (N-methyl/N-ethyl adjacent to an activating group) is 1. The van der Waals surface area contributed by atoms with Gasteiger partial charge < -0.3 is 10.4 Å². The third kappa shape index (κ3) is 1.59. The van der Waals surface area contributed by atoms with E-state index in [1.54, 1.807) is 17.9 Å². The maximum absolute atomic E-state index is 11.8. The van der Waals surface area contributed by atoms with Crippen molar-refractivity contribution in [1.29, 1.82) is 0 Å². The number of nitrogens with zero attached hydrogens (tertiary/aromatic N) is 3. The van der Waals surface area contributed by atoms with Gasteiger partial charge in [-0.1, -0.05) is 5.21 Å². The first kappa shape index (κ1) is 11.1. The molecule has 6 nitrogen and oxygen atoms in total. The van der Waals surface area contributed by atoms with Crippen LogP contribution in [0, 0.1) is 0 Å². The molecule has 1 amide bonds. The Bertz CT molecular complexity index is 384. The molecule has 1 fully saturated rings. The Hall–Kier alpha value is -1.43. The lowest BCUT2D eigenvalue weighted by Gasteiger charge is -2.39. The summed E-state index contributed by atoms with van der Waals surface area (Å²) in [6.07, 6.45) is 4.86. The van der Waals surface area contributed by atoms with Crippen LogP contribution in [0.25, 0.3) is 0 Å². The van der Waals surface area contributed by atoms with E-state index >= 15 is 0 Å². The summed E-state index contributed by atoms with van der Waals surface area (Å²) in [5, 5.41) is 19.4.